The van der Waals surface area contributed by atoms with Crippen molar-refractivity contribution in [3.05, 3.63) is 60.2 Å². The molecule has 2 N–H and O–H groups in total. The van der Waals surface area contributed by atoms with Crippen LogP contribution in [0, 0.1) is 17.3 Å². The molecule has 3 amide bonds. The van der Waals surface area contributed by atoms with Gasteiger partial charge >= 0.3 is 5.97 Å². The van der Waals surface area contributed by atoms with Gasteiger partial charge in [0, 0.05) is 31.7 Å². The summed E-state index contributed by atoms with van der Waals surface area (Å²) < 4.78 is 12.6. The van der Waals surface area contributed by atoms with E-state index in [-0.39, 0.29) is 62.2 Å². The van der Waals surface area contributed by atoms with Crippen LogP contribution in [0.3, 0.4) is 0 Å². The summed E-state index contributed by atoms with van der Waals surface area (Å²) in [4.78, 5) is 59.3. The van der Waals surface area contributed by atoms with Gasteiger partial charge in [-0.2, -0.15) is 0 Å². The number of fused-ring (bicyclic) bond motifs is 2. The summed E-state index contributed by atoms with van der Waals surface area (Å²) in [6.07, 6.45) is 7.53. The number of amides is 3. The maximum atomic E-state index is 14.9. The molecule has 4 aliphatic rings. The predicted octanol–water partition coefficient (Wildman–Crippen LogP) is 3.31. The second kappa shape index (κ2) is 12.7. The zero-order valence-corrected chi connectivity index (χ0v) is 27.0. The van der Waals surface area contributed by atoms with Crippen LogP contribution in [0.2, 0.25) is 0 Å². The number of allylic oxidation sites excluding steroid dienone is 1. The van der Waals surface area contributed by atoms with E-state index in [2.05, 4.69) is 26.1 Å². The summed E-state index contributed by atoms with van der Waals surface area (Å²) in [5.41, 5.74) is -1.34. The molecular formula is C35H47N3O7. The number of rotatable bonds is 6. The first kappa shape index (κ1) is 32.9. The van der Waals surface area contributed by atoms with Crippen molar-refractivity contribution in [3.8, 4) is 0 Å². The van der Waals surface area contributed by atoms with Gasteiger partial charge in [-0.3, -0.25) is 19.2 Å². The summed E-state index contributed by atoms with van der Waals surface area (Å²) in [5.74, 6) is -3.35. The van der Waals surface area contributed by atoms with Crippen LogP contribution in [0.25, 0.3) is 0 Å². The average Bonchev–Trinajstić information content (AvgIpc) is 3.61. The van der Waals surface area contributed by atoms with Gasteiger partial charge < -0.3 is 29.7 Å². The zero-order valence-electron chi connectivity index (χ0n) is 27.0. The molecule has 0 aromatic heterocycles. The van der Waals surface area contributed by atoms with E-state index in [1.54, 1.807) is 17.1 Å². The highest BCUT2D eigenvalue weighted by Gasteiger charge is 2.73. The fourth-order valence-corrected chi connectivity index (χ4v) is 7.80. The summed E-state index contributed by atoms with van der Waals surface area (Å²) in [7, 11) is 0. The summed E-state index contributed by atoms with van der Waals surface area (Å²) in [5, 5.41) is 12.6. The van der Waals surface area contributed by atoms with Crippen LogP contribution in [0.1, 0.15) is 72.0 Å². The Morgan fingerprint density at radius 1 is 1.02 bits per heavy atom. The molecule has 244 valence electrons. The van der Waals surface area contributed by atoms with Gasteiger partial charge in [-0.15, -0.1) is 0 Å². The van der Waals surface area contributed by atoms with Crippen LogP contribution in [0.5, 0.6) is 0 Å². The van der Waals surface area contributed by atoms with E-state index in [0.717, 1.165) is 0 Å². The molecule has 10 nitrogen and oxygen atoms in total. The average molecular weight is 622 g/mol. The number of hydrogen-bond acceptors (Lipinski definition) is 7. The highest BCUT2D eigenvalue weighted by Crippen LogP contribution is 2.56. The maximum Gasteiger partial charge on any atom is 0.313 e. The third-order valence-corrected chi connectivity index (χ3v) is 9.30. The van der Waals surface area contributed by atoms with Crippen molar-refractivity contribution in [2.24, 2.45) is 17.3 Å². The maximum absolute atomic E-state index is 14.9. The van der Waals surface area contributed by atoms with Crippen molar-refractivity contribution in [1.82, 2.24) is 15.1 Å². The number of benzene rings is 1. The third-order valence-electron chi connectivity index (χ3n) is 9.30. The molecule has 4 heterocycles. The van der Waals surface area contributed by atoms with Crippen LogP contribution in [0.15, 0.2) is 54.6 Å². The minimum Gasteiger partial charge on any atom is -0.455 e. The van der Waals surface area contributed by atoms with Gasteiger partial charge in [0.2, 0.25) is 17.7 Å². The zero-order chi connectivity index (χ0) is 32.6. The van der Waals surface area contributed by atoms with Crippen LogP contribution < -0.4 is 5.32 Å². The fraction of sp³-hybridized carbons (Fsp3) is 0.600. The molecule has 0 radical (unpaired) electrons. The van der Waals surface area contributed by atoms with Crippen molar-refractivity contribution < 1.29 is 33.8 Å². The number of carbonyl (C=O) groups is 4. The number of nitrogens with one attached hydrogen (secondary N) is 1. The molecule has 1 aromatic rings. The number of esters is 1. The van der Waals surface area contributed by atoms with Crippen molar-refractivity contribution in [1.29, 1.82) is 0 Å². The Morgan fingerprint density at radius 3 is 2.44 bits per heavy atom. The molecule has 0 unspecified atom stereocenters. The highest BCUT2D eigenvalue weighted by molar-refractivity contribution is 5.99. The Balaban J connectivity index is 1.58. The smallest absolute Gasteiger partial charge is 0.313 e. The quantitative estimate of drug-likeness (QED) is 0.369. The molecule has 1 aromatic carbocycles. The number of likely N-dealkylation sites (tertiary alicyclic amines) is 1. The number of aliphatic hydroxyl groups excluding tert-OH is 1. The van der Waals surface area contributed by atoms with Crippen LogP contribution in [-0.2, 0) is 28.7 Å². The number of aliphatic hydroxyl groups is 1. The predicted molar refractivity (Wildman–Crippen MR) is 167 cm³/mol. The molecule has 45 heavy (non-hydrogen) atoms. The summed E-state index contributed by atoms with van der Waals surface area (Å²) in [6, 6.07) is 8.16. The molecule has 2 saturated heterocycles. The SMILES string of the molecule is CC(C)(C)CC(C)(C)N1C/C=C\CCC(=O)NC[C@H](c2ccccc2)OC(=O)[C@@H]2[C@H]3C(=O)N(CCCO)[C@H](C1=O)[C@]31C=C[C@H]2O1. The molecule has 5 rings (SSSR count). The molecular weight excluding hydrogens is 574 g/mol. The second-order valence-corrected chi connectivity index (χ2v) is 14.5. The number of ether oxygens (including phenoxy) is 2. The fourth-order valence-electron chi connectivity index (χ4n) is 7.80. The standard InChI is InChI=1S/C35H47N3O7/c1-33(2,3)22-34(4,5)38-19-11-7-10-15-26(40)36-21-25(23-13-8-6-9-14-23)44-32(43)27-24-16-17-35(45-24)28(27)30(41)37(18-12-20-39)29(35)31(38)42/h6-9,11,13-14,16-17,24-25,27-29,39H,10,12,15,18-22H2,1-5H3,(H,36,40)/b11-7-/t24-,25-,27+,28+,29-,35+/m1/s1. The van der Waals surface area contributed by atoms with E-state index >= 15 is 0 Å². The third kappa shape index (κ3) is 6.45. The second-order valence-electron chi connectivity index (χ2n) is 14.5. The Labute approximate surface area is 265 Å². The van der Waals surface area contributed by atoms with E-state index in [1.807, 2.05) is 56.3 Å². The van der Waals surface area contributed by atoms with Gasteiger partial charge in [0.1, 0.15) is 23.7 Å². The minimum absolute atomic E-state index is 0.0780. The van der Waals surface area contributed by atoms with Crippen molar-refractivity contribution in [2.45, 2.75) is 89.7 Å². The van der Waals surface area contributed by atoms with E-state index in [0.29, 0.717) is 18.4 Å². The van der Waals surface area contributed by atoms with Gasteiger partial charge in [-0.1, -0.05) is 75.4 Å². The van der Waals surface area contributed by atoms with Crippen LogP contribution >= 0.6 is 0 Å². The van der Waals surface area contributed by atoms with E-state index in [9.17, 15) is 24.3 Å². The number of hydrogen-bond donors (Lipinski definition) is 2. The van der Waals surface area contributed by atoms with Gasteiger partial charge in [0.25, 0.3) is 0 Å². The lowest BCUT2D eigenvalue weighted by atomic mass is 9.74. The van der Waals surface area contributed by atoms with E-state index in [4.69, 9.17) is 9.47 Å². The lowest BCUT2D eigenvalue weighted by Gasteiger charge is -2.45. The normalized spacial score (nSPS) is 31.6. The van der Waals surface area contributed by atoms with Gasteiger partial charge in [0.15, 0.2) is 0 Å². The molecule has 0 saturated carbocycles. The van der Waals surface area contributed by atoms with Gasteiger partial charge in [-0.25, -0.2) is 0 Å². The topological polar surface area (TPSA) is 125 Å². The Hall–Kier alpha value is -3.50. The van der Waals surface area contributed by atoms with E-state index in [1.165, 1.54) is 4.90 Å². The summed E-state index contributed by atoms with van der Waals surface area (Å²) in [6.45, 7) is 10.8. The van der Waals surface area contributed by atoms with Crippen molar-refractivity contribution in [3.63, 3.8) is 0 Å². The van der Waals surface area contributed by atoms with Crippen LogP contribution in [-0.4, -0.2) is 88.1 Å². The Kier molecular flexibility index (Phi) is 9.29. The molecule has 0 aliphatic carbocycles. The van der Waals surface area contributed by atoms with Gasteiger partial charge in [-0.05, 0) is 44.1 Å². The molecule has 2 fully saturated rings. The first-order chi connectivity index (χ1) is 21.3. The Morgan fingerprint density at radius 2 is 1.76 bits per heavy atom. The first-order valence-corrected chi connectivity index (χ1v) is 16.1. The number of nitrogens with zero attached hydrogens (tertiary/aromatic N) is 2. The molecule has 6 atom stereocenters. The first-order valence-electron chi connectivity index (χ1n) is 16.1. The minimum atomic E-state index is -1.35. The largest absolute Gasteiger partial charge is 0.455 e. The monoisotopic (exact) mass is 621 g/mol. The Bertz CT molecular complexity index is 1350. The lowest BCUT2D eigenvalue weighted by molar-refractivity contribution is -0.160. The summed E-state index contributed by atoms with van der Waals surface area (Å²) >= 11 is 0. The number of cyclic esters (lactones) is 1. The van der Waals surface area contributed by atoms with Gasteiger partial charge in [0.05, 0.1) is 18.6 Å². The lowest BCUT2D eigenvalue weighted by Crippen LogP contribution is -2.60. The van der Waals surface area contributed by atoms with Crippen molar-refractivity contribution in [2.75, 3.05) is 26.2 Å². The van der Waals surface area contributed by atoms with Crippen LogP contribution in [0.4, 0.5) is 0 Å². The molecule has 10 heteroatoms. The highest BCUT2D eigenvalue weighted by atomic mass is 16.6. The molecule has 1 spiro atoms. The van der Waals surface area contributed by atoms with E-state index < -0.39 is 47.2 Å². The van der Waals surface area contributed by atoms with Crippen molar-refractivity contribution >= 4 is 23.7 Å². The molecule has 5 bridgehead atoms. The molecule has 4 aliphatic heterocycles. The number of carbonyl (C=O) groups excluding carboxylic acids is 4.